The topological polar surface area (TPSA) is 74.6 Å². The number of carboxylic acids is 2. The van der Waals surface area contributed by atoms with Crippen molar-refractivity contribution in [2.45, 2.75) is 32.1 Å². The quantitative estimate of drug-likeness (QED) is 0.185. The van der Waals surface area contributed by atoms with Crippen molar-refractivity contribution in [3.63, 3.8) is 0 Å². The number of benzene rings is 6. The number of hydrogen-bond donors (Lipinski definition) is 2. The monoisotopic (exact) mass is 590 g/mol. The normalized spacial score (nSPS) is 14.5. The van der Waals surface area contributed by atoms with E-state index in [1.807, 2.05) is 24.3 Å². The first kappa shape index (κ1) is 28.5. The number of carbonyl (C=O) groups is 2. The average molecular weight is 591 g/mol. The van der Waals surface area contributed by atoms with Crippen molar-refractivity contribution >= 4 is 33.5 Å². The number of fused-ring (bicyclic) bond motifs is 5. The molecule has 6 aromatic carbocycles. The Bertz CT molecular complexity index is 1970. The Morgan fingerprint density at radius 1 is 0.511 bits per heavy atom. The molecule has 222 valence electrons. The summed E-state index contributed by atoms with van der Waals surface area (Å²) in [6.07, 6.45) is 0.588. The molecule has 1 aliphatic carbocycles. The lowest BCUT2D eigenvalue weighted by Crippen LogP contribution is -2.34. The summed E-state index contributed by atoms with van der Waals surface area (Å²) in [6, 6.07) is 42.2. The molecule has 1 aliphatic rings. The molecule has 0 saturated carbocycles. The van der Waals surface area contributed by atoms with Gasteiger partial charge in [0.05, 0.1) is 11.8 Å². The van der Waals surface area contributed by atoms with E-state index >= 15 is 0 Å². The largest absolute Gasteiger partial charge is 0.481 e. The first-order chi connectivity index (χ1) is 21.7. The van der Waals surface area contributed by atoms with Crippen LogP contribution in [0.5, 0.6) is 0 Å². The van der Waals surface area contributed by atoms with E-state index in [4.69, 9.17) is 0 Å². The lowest BCUT2D eigenvalue weighted by Gasteiger charge is -2.36. The molecule has 0 heterocycles. The predicted molar refractivity (Wildman–Crippen MR) is 181 cm³/mol. The predicted octanol–water partition coefficient (Wildman–Crippen LogP) is 9.82. The number of rotatable bonds is 8. The second kappa shape index (κ2) is 11.0. The van der Waals surface area contributed by atoms with E-state index in [2.05, 4.69) is 97.1 Å². The van der Waals surface area contributed by atoms with E-state index < -0.39 is 29.2 Å². The molecule has 0 aliphatic heterocycles. The molecule has 7 rings (SSSR count). The van der Waals surface area contributed by atoms with Gasteiger partial charge in [-0.25, -0.2) is 0 Å². The third kappa shape index (κ3) is 4.97. The maximum atomic E-state index is 12.4. The second-order valence-electron chi connectivity index (χ2n) is 12.6. The van der Waals surface area contributed by atoms with Gasteiger partial charge in [-0.3, -0.25) is 9.59 Å². The molecule has 4 heteroatoms. The van der Waals surface area contributed by atoms with Crippen LogP contribution in [0.2, 0.25) is 0 Å². The first-order valence-corrected chi connectivity index (χ1v) is 15.5. The third-order valence-corrected chi connectivity index (χ3v) is 9.68. The minimum atomic E-state index is -0.885. The van der Waals surface area contributed by atoms with Crippen LogP contribution in [-0.4, -0.2) is 22.2 Å². The molecular formula is C41H34O4. The van der Waals surface area contributed by atoms with Crippen molar-refractivity contribution in [1.29, 1.82) is 0 Å². The van der Waals surface area contributed by atoms with E-state index in [0.717, 1.165) is 66.1 Å². The smallest absolute Gasteiger partial charge is 0.306 e. The SMILES string of the molecule is CC(CC1(CC(C)C(=O)O)c2cc(-c3ccc4ccccc4c3)ccc2-c2ccc(-c3ccc4ccccc4c3)cc21)C(=O)O. The lowest BCUT2D eigenvalue weighted by molar-refractivity contribution is -0.142. The zero-order chi connectivity index (χ0) is 31.3. The molecule has 4 nitrogen and oxygen atoms in total. The fourth-order valence-corrected chi connectivity index (χ4v) is 7.34. The first-order valence-electron chi connectivity index (χ1n) is 15.5. The van der Waals surface area contributed by atoms with Gasteiger partial charge < -0.3 is 10.2 Å². The van der Waals surface area contributed by atoms with E-state index in [9.17, 15) is 19.8 Å². The Labute approximate surface area is 262 Å². The summed E-state index contributed by atoms with van der Waals surface area (Å²) in [7, 11) is 0. The summed E-state index contributed by atoms with van der Waals surface area (Å²) >= 11 is 0. The van der Waals surface area contributed by atoms with Crippen LogP contribution >= 0.6 is 0 Å². The third-order valence-electron chi connectivity index (χ3n) is 9.68. The highest BCUT2D eigenvalue weighted by atomic mass is 16.4. The molecule has 0 fully saturated rings. The number of hydrogen-bond acceptors (Lipinski definition) is 2. The Hall–Kier alpha value is -5.22. The van der Waals surface area contributed by atoms with Gasteiger partial charge in [-0.1, -0.05) is 111 Å². The molecule has 0 aromatic heterocycles. The zero-order valence-electron chi connectivity index (χ0n) is 25.3. The van der Waals surface area contributed by atoms with Crippen molar-refractivity contribution < 1.29 is 19.8 Å². The van der Waals surface area contributed by atoms with E-state index in [1.54, 1.807) is 13.8 Å². The van der Waals surface area contributed by atoms with Crippen molar-refractivity contribution in [3.05, 3.63) is 132 Å². The Kier molecular flexibility index (Phi) is 7.01. The highest BCUT2D eigenvalue weighted by molar-refractivity contribution is 5.92. The van der Waals surface area contributed by atoms with Crippen LogP contribution in [0.3, 0.4) is 0 Å². The summed E-state index contributed by atoms with van der Waals surface area (Å²) in [5.74, 6) is -3.13. The Morgan fingerprint density at radius 3 is 1.27 bits per heavy atom. The molecule has 2 unspecified atom stereocenters. The van der Waals surface area contributed by atoms with Gasteiger partial charge in [-0.05, 0) is 103 Å². The second-order valence-corrected chi connectivity index (χ2v) is 12.6. The molecule has 2 N–H and O–H groups in total. The highest BCUT2D eigenvalue weighted by Crippen LogP contribution is 2.56. The number of aliphatic carboxylic acids is 2. The molecule has 45 heavy (non-hydrogen) atoms. The van der Waals surface area contributed by atoms with Gasteiger partial charge in [0.15, 0.2) is 0 Å². The van der Waals surface area contributed by atoms with Crippen molar-refractivity contribution in [2.24, 2.45) is 11.8 Å². The highest BCUT2D eigenvalue weighted by Gasteiger charge is 2.47. The standard InChI is InChI=1S/C41H34O4/c1-25(39(42)43)23-41(24-26(2)40(44)45)37-21-33(31-13-11-27-7-3-5-9-29(27)19-31)15-17-35(37)36-18-16-34(22-38(36)41)32-14-12-28-8-4-6-10-30(28)20-32/h3-22,25-26H,23-24H2,1-2H3,(H,42,43)(H,44,45). The van der Waals surface area contributed by atoms with Gasteiger partial charge >= 0.3 is 11.9 Å². The van der Waals surface area contributed by atoms with Crippen LogP contribution in [-0.2, 0) is 15.0 Å². The van der Waals surface area contributed by atoms with Gasteiger partial charge in [-0.2, -0.15) is 0 Å². The summed E-state index contributed by atoms with van der Waals surface area (Å²) < 4.78 is 0. The van der Waals surface area contributed by atoms with Crippen molar-refractivity contribution in [1.82, 2.24) is 0 Å². The van der Waals surface area contributed by atoms with E-state index in [1.165, 1.54) is 0 Å². The maximum absolute atomic E-state index is 12.4. The van der Waals surface area contributed by atoms with Gasteiger partial charge in [0.25, 0.3) is 0 Å². The van der Waals surface area contributed by atoms with Crippen molar-refractivity contribution in [2.75, 3.05) is 0 Å². The molecule has 0 spiro atoms. The van der Waals surface area contributed by atoms with Gasteiger partial charge in [-0.15, -0.1) is 0 Å². The summed E-state index contributed by atoms with van der Waals surface area (Å²) in [4.78, 5) is 24.8. The van der Waals surface area contributed by atoms with Crippen molar-refractivity contribution in [3.8, 4) is 33.4 Å². The molecule has 0 saturated heterocycles. The molecule has 0 bridgehead atoms. The van der Waals surface area contributed by atoms with Gasteiger partial charge in [0.2, 0.25) is 0 Å². The fraction of sp³-hybridized carbons (Fsp3) is 0.171. The fourth-order valence-electron chi connectivity index (χ4n) is 7.34. The summed E-state index contributed by atoms with van der Waals surface area (Å²) in [5, 5.41) is 24.9. The van der Waals surface area contributed by atoms with E-state index in [0.29, 0.717) is 12.8 Å². The van der Waals surface area contributed by atoms with Crippen LogP contribution in [0.1, 0.15) is 37.8 Å². The average Bonchev–Trinajstić information content (AvgIpc) is 3.31. The summed E-state index contributed by atoms with van der Waals surface area (Å²) in [6.45, 7) is 3.46. The molecule has 6 aromatic rings. The van der Waals surface area contributed by atoms with Gasteiger partial charge in [0.1, 0.15) is 0 Å². The Morgan fingerprint density at radius 2 is 0.867 bits per heavy atom. The number of carboxylic acid groups (broad SMARTS) is 2. The molecule has 0 amide bonds. The van der Waals surface area contributed by atoms with Crippen LogP contribution in [0.25, 0.3) is 54.9 Å². The molecule has 2 atom stereocenters. The maximum Gasteiger partial charge on any atom is 0.306 e. The molecule has 0 radical (unpaired) electrons. The lowest BCUT2D eigenvalue weighted by atomic mass is 9.67. The minimum Gasteiger partial charge on any atom is -0.481 e. The van der Waals surface area contributed by atoms with Crippen LogP contribution in [0.15, 0.2) is 121 Å². The zero-order valence-corrected chi connectivity index (χ0v) is 25.3. The van der Waals surface area contributed by atoms with Gasteiger partial charge in [0, 0.05) is 5.41 Å². The molecular weight excluding hydrogens is 556 g/mol. The van der Waals surface area contributed by atoms with Crippen LogP contribution in [0, 0.1) is 11.8 Å². The van der Waals surface area contributed by atoms with Crippen LogP contribution in [0.4, 0.5) is 0 Å². The minimum absolute atomic E-state index is 0.294. The summed E-state index contributed by atoms with van der Waals surface area (Å²) in [5.41, 5.74) is 7.45. The van der Waals surface area contributed by atoms with E-state index in [-0.39, 0.29) is 0 Å². The van der Waals surface area contributed by atoms with Crippen LogP contribution < -0.4 is 0 Å². The Balaban J connectivity index is 1.45.